The van der Waals surface area contributed by atoms with Crippen LogP contribution in [0.4, 0.5) is 9.18 Å². The maximum Gasteiger partial charge on any atom is 0.410 e. The number of amides is 1. The van der Waals surface area contributed by atoms with Crippen molar-refractivity contribution < 1.29 is 19.0 Å². The molecule has 2 rings (SSSR count). The van der Waals surface area contributed by atoms with Crippen LogP contribution < -0.4 is 0 Å². The number of fused-ring (bicyclic) bond motifs is 1. The van der Waals surface area contributed by atoms with E-state index in [-0.39, 0.29) is 18.9 Å². The summed E-state index contributed by atoms with van der Waals surface area (Å²) in [5.74, 6) is -0.245. The van der Waals surface area contributed by atoms with Crippen molar-refractivity contribution in [3.63, 3.8) is 0 Å². The second-order valence-corrected chi connectivity index (χ2v) is 6.19. The van der Waals surface area contributed by atoms with Gasteiger partial charge in [0.1, 0.15) is 11.3 Å². The highest BCUT2D eigenvalue weighted by atomic mass is 19.1. The van der Waals surface area contributed by atoms with Crippen LogP contribution in [0.25, 0.3) is 0 Å². The third-order valence-electron chi connectivity index (χ3n) is 3.41. The summed E-state index contributed by atoms with van der Waals surface area (Å²) in [7, 11) is 0. The van der Waals surface area contributed by atoms with Gasteiger partial charge >= 0.3 is 6.09 Å². The first-order chi connectivity index (χ1) is 7.70. The summed E-state index contributed by atoms with van der Waals surface area (Å²) in [5.41, 5.74) is -1.98. The van der Waals surface area contributed by atoms with E-state index < -0.39 is 23.5 Å². The Labute approximate surface area is 101 Å². The molecule has 0 radical (unpaired) electrons. The van der Waals surface area contributed by atoms with E-state index in [0.717, 1.165) is 0 Å². The quantitative estimate of drug-likeness (QED) is 0.707. The van der Waals surface area contributed by atoms with Crippen LogP contribution >= 0.6 is 0 Å². The Morgan fingerprint density at radius 1 is 1.53 bits per heavy atom. The van der Waals surface area contributed by atoms with Gasteiger partial charge in [-0.25, -0.2) is 9.18 Å². The summed E-state index contributed by atoms with van der Waals surface area (Å²) >= 11 is 0. The van der Waals surface area contributed by atoms with Gasteiger partial charge in [0, 0.05) is 18.9 Å². The van der Waals surface area contributed by atoms with Crippen LogP contribution in [0.1, 0.15) is 33.6 Å². The van der Waals surface area contributed by atoms with E-state index in [0.29, 0.717) is 13.0 Å². The molecule has 17 heavy (non-hydrogen) atoms. The number of alkyl halides is 1. The van der Waals surface area contributed by atoms with Crippen molar-refractivity contribution in [3.8, 4) is 0 Å². The smallest absolute Gasteiger partial charge is 0.410 e. The zero-order valence-electron chi connectivity index (χ0n) is 10.6. The van der Waals surface area contributed by atoms with Crippen LogP contribution in [0.5, 0.6) is 0 Å². The van der Waals surface area contributed by atoms with E-state index >= 15 is 0 Å². The fraction of sp³-hybridized carbons (Fsp3) is 0.917. The monoisotopic (exact) mass is 245 g/mol. The Kier molecular flexibility index (Phi) is 2.84. The zero-order chi connectivity index (χ0) is 12.8. The van der Waals surface area contributed by atoms with Crippen molar-refractivity contribution in [2.24, 2.45) is 5.92 Å². The van der Waals surface area contributed by atoms with E-state index in [2.05, 4.69) is 0 Å². The molecule has 1 amide bonds. The highest BCUT2D eigenvalue weighted by Gasteiger charge is 2.55. The second kappa shape index (κ2) is 3.83. The molecule has 0 aromatic carbocycles. The molecule has 1 unspecified atom stereocenters. The average Bonchev–Trinajstić information content (AvgIpc) is 2.51. The lowest BCUT2D eigenvalue weighted by atomic mass is 9.97. The van der Waals surface area contributed by atoms with Crippen molar-refractivity contribution in [2.45, 2.75) is 51.0 Å². The van der Waals surface area contributed by atoms with E-state index in [1.165, 1.54) is 4.90 Å². The molecule has 1 saturated heterocycles. The number of ether oxygens (including phenoxy) is 1. The number of likely N-dealkylation sites (tertiary alicyclic amines) is 1. The Hall–Kier alpha value is -0.840. The first kappa shape index (κ1) is 12.6. The van der Waals surface area contributed by atoms with Gasteiger partial charge in [-0.1, -0.05) is 0 Å². The summed E-state index contributed by atoms with van der Waals surface area (Å²) in [6.07, 6.45) is -0.448. The number of nitrogens with zero attached hydrogens (tertiary/aromatic N) is 1. The van der Waals surface area contributed by atoms with E-state index in [1.54, 1.807) is 20.8 Å². The lowest BCUT2D eigenvalue weighted by Gasteiger charge is -2.25. The molecule has 1 N–H and O–H groups in total. The molecule has 2 fully saturated rings. The number of rotatable bonds is 0. The summed E-state index contributed by atoms with van der Waals surface area (Å²) < 4.78 is 19.6. The summed E-state index contributed by atoms with van der Waals surface area (Å²) in [5, 5.41) is 9.44. The minimum atomic E-state index is -1.42. The molecule has 1 aliphatic carbocycles. The van der Waals surface area contributed by atoms with Crippen LogP contribution in [0.2, 0.25) is 0 Å². The number of aliphatic hydroxyl groups excluding tert-OH is 1. The molecule has 0 spiro atoms. The molecule has 2 aliphatic rings. The van der Waals surface area contributed by atoms with Crippen molar-refractivity contribution in [3.05, 3.63) is 0 Å². The Balaban J connectivity index is 1.98. The van der Waals surface area contributed by atoms with Crippen LogP contribution in [-0.2, 0) is 4.74 Å². The number of hydrogen-bond acceptors (Lipinski definition) is 3. The van der Waals surface area contributed by atoms with Crippen molar-refractivity contribution in [2.75, 3.05) is 13.1 Å². The zero-order valence-corrected chi connectivity index (χ0v) is 10.6. The van der Waals surface area contributed by atoms with Crippen molar-refractivity contribution >= 4 is 6.09 Å². The molecule has 4 nitrogen and oxygen atoms in total. The van der Waals surface area contributed by atoms with Gasteiger partial charge in [-0.15, -0.1) is 0 Å². The minimum absolute atomic E-state index is 0.0453. The molecule has 98 valence electrons. The average molecular weight is 245 g/mol. The molecule has 1 heterocycles. The maximum absolute atomic E-state index is 14.4. The van der Waals surface area contributed by atoms with E-state index in [9.17, 15) is 14.3 Å². The van der Waals surface area contributed by atoms with Crippen LogP contribution in [0.15, 0.2) is 0 Å². The lowest BCUT2D eigenvalue weighted by molar-refractivity contribution is 0.0234. The van der Waals surface area contributed by atoms with Gasteiger partial charge in [-0.05, 0) is 27.2 Å². The Bertz CT molecular complexity index is 328. The van der Waals surface area contributed by atoms with Gasteiger partial charge < -0.3 is 14.7 Å². The van der Waals surface area contributed by atoms with Crippen molar-refractivity contribution in [1.29, 1.82) is 0 Å². The predicted octanol–water partition coefficient (Wildman–Crippen LogP) is 1.72. The highest BCUT2D eigenvalue weighted by Crippen LogP contribution is 2.44. The Morgan fingerprint density at radius 2 is 2.18 bits per heavy atom. The summed E-state index contributed by atoms with van der Waals surface area (Å²) in [4.78, 5) is 13.2. The van der Waals surface area contributed by atoms with Crippen LogP contribution in [0.3, 0.4) is 0 Å². The molecular formula is C12H20FNO3. The van der Waals surface area contributed by atoms with Crippen LogP contribution in [0, 0.1) is 5.92 Å². The molecule has 0 aromatic heterocycles. The topological polar surface area (TPSA) is 49.8 Å². The van der Waals surface area contributed by atoms with Gasteiger partial charge in [-0.2, -0.15) is 0 Å². The standard InChI is InChI=1S/C12H20FNO3/c1-11(2,3)17-10(16)14-6-8-4-9(15)5-12(8,13)7-14/h8-9,15H,4-7H2,1-3H3/t8-,9?,12-/m1/s1. The molecule has 0 aromatic rings. The first-order valence-corrected chi connectivity index (χ1v) is 6.04. The first-order valence-electron chi connectivity index (χ1n) is 6.04. The fourth-order valence-electron chi connectivity index (χ4n) is 2.73. The molecule has 1 saturated carbocycles. The van der Waals surface area contributed by atoms with Gasteiger partial charge in [0.15, 0.2) is 0 Å². The van der Waals surface area contributed by atoms with Crippen LogP contribution in [-0.4, -0.2) is 46.6 Å². The number of hydrogen-bond donors (Lipinski definition) is 1. The minimum Gasteiger partial charge on any atom is -0.444 e. The SMILES string of the molecule is CC(C)(C)OC(=O)N1C[C@H]2CC(O)C[C@@]2(F)C1. The lowest BCUT2D eigenvalue weighted by Crippen LogP contribution is -2.38. The molecular weight excluding hydrogens is 225 g/mol. The largest absolute Gasteiger partial charge is 0.444 e. The van der Waals surface area contributed by atoms with Gasteiger partial charge in [-0.3, -0.25) is 0 Å². The normalized spacial score (nSPS) is 37.1. The maximum atomic E-state index is 14.4. The van der Waals surface area contributed by atoms with Gasteiger partial charge in [0.25, 0.3) is 0 Å². The van der Waals surface area contributed by atoms with Gasteiger partial charge in [0.05, 0.1) is 12.6 Å². The molecule has 5 heteroatoms. The number of carbonyl (C=O) groups is 1. The molecule has 3 atom stereocenters. The fourth-order valence-corrected chi connectivity index (χ4v) is 2.73. The third-order valence-corrected chi connectivity index (χ3v) is 3.41. The van der Waals surface area contributed by atoms with Crippen molar-refractivity contribution in [1.82, 2.24) is 4.90 Å². The van der Waals surface area contributed by atoms with Gasteiger partial charge in [0.2, 0.25) is 0 Å². The third kappa shape index (κ3) is 2.54. The predicted molar refractivity (Wildman–Crippen MR) is 60.4 cm³/mol. The summed E-state index contributed by atoms with van der Waals surface area (Å²) in [6, 6.07) is 0. The van der Waals surface area contributed by atoms with E-state index in [1.807, 2.05) is 0 Å². The number of aliphatic hydroxyl groups is 1. The second-order valence-electron chi connectivity index (χ2n) is 6.19. The molecule has 1 aliphatic heterocycles. The number of halogens is 1. The molecule has 0 bridgehead atoms. The summed E-state index contributed by atoms with van der Waals surface area (Å²) in [6.45, 7) is 5.76. The Morgan fingerprint density at radius 3 is 2.71 bits per heavy atom. The number of carbonyl (C=O) groups excluding carboxylic acids is 1. The highest BCUT2D eigenvalue weighted by molar-refractivity contribution is 5.68. The van der Waals surface area contributed by atoms with E-state index in [4.69, 9.17) is 4.74 Å².